The third kappa shape index (κ3) is 17.7. The first-order valence-corrected chi connectivity index (χ1v) is 15.8. The van der Waals surface area contributed by atoms with Gasteiger partial charge >= 0.3 is 11.9 Å². The van der Waals surface area contributed by atoms with Crippen LogP contribution in [0.25, 0.3) is 0 Å². The molecule has 268 valence electrons. The molecule has 1 aromatic carbocycles. The smallest absolute Gasteiger partial charge is 0.328 e. The number of aliphatic carboxylic acids is 2. The number of hydrogen-bond donors (Lipinski definition) is 6. The molecule has 0 radical (unpaired) electrons. The predicted octanol–water partition coefficient (Wildman–Crippen LogP) is 3.01. The highest BCUT2D eigenvalue weighted by Crippen LogP contribution is 2.32. The summed E-state index contributed by atoms with van der Waals surface area (Å²) in [7, 11) is 3.29. The van der Waals surface area contributed by atoms with Crippen molar-refractivity contribution in [3.63, 3.8) is 0 Å². The zero-order chi connectivity index (χ0) is 36.3. The summed E-state index contributed by atoms with van der Waals surface area (Å²) in [4.78, 5) is 43.7. The van der Waals surface area contributed by atoms with Crippen LogP contribution >= 0.6 is 0 Å². The van der Waals surface area contributed by atoms with Gasteiger partial charge in [0, 0.05) is 50.8 Å². The lowest BCUT2D eigenvalue weighted by atomic mass is 9.80. The highest BCUT2D eigenvalue weighted by atomic mass is 16.5. The first-order valence-electron chi connectivity index (χ1n) is 15.8. The molecule has 47 heavy (non-hydrogen) atoms. The van der Waals surface area contributed by atoms with Crippen LogP contribution in [0.3, 0.4) is 0 Å². The van der Waals surface area contributed by atoms with Crippen molar-refractivity contribution in [3.8, 4) is 11.5 Å². The normalized spacial score (nSPS) is 14.1. The van der Waals surface area contributed by atoms with Gasteiger partial charge in [-0.3, -0.25) is 9.59 Å². The zero-order valence-corrected chi connectivity index (χ0v) is 29.2. The molecule has 2 amide bonds. The van der Waals surface area contributed by atoms with Gasteiger partial charge in [0.2, 0.25) is 11.8 Å². The van der Waals surface area contributed by atoms with Crippen molar-refractivity contribution >= 4 is 23.8 Å². The molecule has 0 spiro atoms. The number of primary amides is 1. The molecule has 0 aliphatic carbocycles. The van der Waals surface area contributed by atoms with Crippen molar-refractivity contribution in [3.05, 3.63) is 35.9 Å². The van der Waals surface area contributed by atoms with Gasteiger partial charge in [0.05, 0.1) is 25.2 Å². The van der Waals surface area contributed by atoms with Crippen LogP contribution in [0, 0.1) is 29.1 Å². The molecule has 4 atom stereocenters. The van der Waals surface area contributed by atoms with Crippen molar-refractivity contribution in [2.75, 3.05) is 34.0 Å². The molecule has 1 rings (SSSR count). The number of amides is 2. The van der Waals surface area contributed by atoms with Crippen LogP contribution in [-0.2, 0) is 30.3 Å². The van der Waals surface area contributed by atoms with Crippen LogP contribution in [0.2, 0.25) is 0 Å². The van der Waals surface area contributed by atoms with Crippen molar-refractivity contribution in [1.29, 1.82) is 0 Å². The lowest BCUT2D eigenvalue weighted by Crippen LogP contribution is -2.46. The molecule has 0 unspecified atom stereocenters. The minimum atomic E-state index is -1.26. The van der Waals surface area contributed by atoms with E-state index in [0.29, 0.717) is 49.2 Å². The van der Waals surface area contributed by atoms with Crippen LogP contribution in [0.4, 0.5) is 0 Å². The van der Waals surface area contributed by atoms with Crippen molar-refractivity contribution in [1.82, 2.24) is 5.32 Å². The zero-order valence-electron chi connectivity index (χ0n) is 29.2. The van der Waals surface area contributed by atoms with Gasteiger partial charge in [-0.2, -0.15) is 0 Å². The second kappa shape index (κ2) is 22.0. The Morgan fingerprint density at radius 3 is 2.00 bits per heavy atom. The number of benzene rings is 1. The highest BCUT2D eigenvalue weighted by Gasteiger charge is 2.32. The summed E-state index contributed by atoms with van der Waals surface area (Å²) < 4.78 is 16.5. The number of nitrogens with one attached hydrogen (secondary N) is 1. The number of hydrogen-bond acceptors (Lipinski definition) is 9. The number of ether oxygens (including phenoxy) is 3. The molecule has 0 saturated heterocycles. The monoisotopic (exact) mass is 667 g/mol. The van der Waals surface area contributed by atoms with E-state index in [1.807, 2.05) is 32.0 Å². The van der Waals surface area contributed by atoms with E-state index < -0.39 is 41.3 Å². The Labute approximate surface area is 279 Å². The molecular weight excluding hydrogens is 610 g/mol. The molecule has 0 aromatic heterocycles. The van der Waals surface area contributed by atoms with Crippen molar-refractivity contribution < 1.29 is 48.7 Å². The van der Waals surface area contributed by atoms with Crippen molar-refractivity contribution in [2.45, 2.75) is 79.4 Å². The number of nitrogens with two attached hydrogens (primary N) is 2. The molecule has 8 N–H and O–H groups in total. The molecule has 0 aliphatic rings. The van der Waals surface area contributed by atoms with E-state index in [0.717, 1.165) is 18.4 Å². The van der Waals surface area contributed by atoms with E-state index in [1.165, 1.54) is 0 Å². The fourth-order valence-corrected chi connectivity index (χ4v) is 4.53. The molecule has 0 heterocycles. The second-order valence-electron chi connectivity index (χ2n) is 12.9. The third-order valence-corrected chi connectivity index (χ3v) is 7.87. The number of aliphatic hydroxyl groups is 1. The summed E-state index contributed by atoms with van der Waals surface area (Å²) >= 11 is 0. The van der Waals surface area contributed by atoms with Gasteiger partial charge in [0.1, 0.15) is 0 Å². The number of aliphatic hydroxyl groups excluding tert-OH is 1. The molecule has 0 saturated carbocycles. The molecule has 0 aliphatic heterocycles. The summed E-state index contributed by atoms with van der Waals surface area (Å²) in [6, 6.07) is 5.47. The fourth-order valence-electron chi connectivity index (χ4n) is 4.53. The van der Waals surface area contributed by atoms with Crippen LogP contribution < -0.4 is 26.3 Å². The van der Waals surface area contributed by atoms with E-state index in [9.17, 15) is 24.3 Å². The Hall–Kier alpha value is -3.68. The molecule has 13 nitrogen and oxygen atoms in total. The largest absolute Gasteiger partial charge is 0.493 e. The second-order valence-corrected chi connectivity index (χ2v) is 12.9. The Morgan fingerprint density at radius 1 is 0.936 bits per heavy atom. The van der Waals surface area contributed by atoms with Crippen LogP contribution in [0.5, 0.6) is 11.5 Å². The van der Waals surface area contributed by atoms with E-state index >= 15 is 0 Å². The van der Waals surface area contributed by atoms with Gasteiger partial charge in [-0.1, -0.05) is 33.8 Å². The highest BCUT2D eigenvalue weighted by molar-refractivity contribution is 5.89. The summed E-state index contributed by atoms with van der Waals surface area (Å²) in [6.07, 6.45) is 2.68. The minimum absolute atomic E-state index is 0.00829. The molecule has 0 bridgehead atoms. The van der Waals surface area contributed by atoms with Crippen molar-refractivity contribution in [2.24, 2.45) is 40.6 Å². The van der Waals surface area contributed by atoms with Crippen LogP contribution in [0.15, 0.2) is 30.4 Å². The van der Waals surface area contributed by atoms with Gasteiger partial charge in [-0.05, 0) is 68.6 Å². The van der Waals surface area contributed by atoms with E-state index in [4.69, 9.17) is 35.9 Å². The van der Waals surface area contributed by atoms with E-state index in [-0.39, 0.29) is 30.7 Å². The quantitative estimate of drug-likeness (QED) is 0.0826. The number of carbonyl (C=O) groups excluding carboxylic acids is 2. The first-order chi connectivity index (χ1) is 21.9. The number of carbonyl (C=O) groups is 4. The van der Waals surface area contributed by atoms with Gasteiger partial charge in [0.15, 0.2) is 11.5 Å². The topological polar surface area (TPSA) is 221 Å². The molecule has 13 heteroatoms. The minimum Gasteiger partial charge on any atom is -0.493 e. The summed E-state index contributed by atoms with van der Waals surface area (Å²) in [5.74, 6) is -1.72. The summed E-state index contributed by atoms with van der Waals surface area (Å²) in [5, 5.41) is 29.5. The predicted molar refractivity (Wildman–Crippen MR) is 179 cm³/mol. The summed E-state index contributed by atoms with van der Waals surface area (Å²) in [6.45, 7) is 12.9. The van der Waals surface area contributed by atoms with Gasteiger partial charge < -0.3 is 46.3 Å². The lowest BCUT2D eigenvalue weighted by molar-refractivity contribution is -0.134. The molecular formula is C34H57N3O10. The Balaban J connectivity index is 0.00000233. The lowest BCUT2D eigenvalue weighted by Gasteiger charge is -2.30. The average Bonchev–Trinajstić information content (AvgIpc) is 2.99. The van der Waals surface area contributed by atoms with E-state index in [2.05, 4.69) is 19.2 Å². The van der Waals surface area contributed by atoms with Gasteiger partial charge in [0.25, 0.3) is 0 Å². The standard InChI is InChI=1S/C30H53N3O6.C4H4O4/c1-19(2)22(14-21-10-11-26(38-8)27(15-21)39-13-9-12-37-7)16-24(31)25(34)17-23(20(3)4)28(35)33-18-30(5,6)29(32)36;5-3(6)1-2-4(7)8/h10-11,15,19-20,22-25,34H,9,12-14,16-18,31H2,1-8H3,(H2,32,36)(H,33,35);1-2H,(H,5,6)(H,7,8)/b;2-1+/t22-,23+,24-,25-;/m0./s1. The maximum Gasteiger partial charge on any atom is 0.328 e. The number of carboxylic acids is 2. The molecule has 1 aromatic rings. The fraction of sp³-hybridized carbons (Fsp3) is 0.647. The van der Waals surface area contributed by atoms with E-state index in [1.54, 1.807) is 28.1 Å². The number of methoxy groups -OCH3 is 2. The Kier molecular flexibility index (Phi) is 20.3. The Morgan fingerprint density at radius 2 is 1.53 bits per heavy atom. The van der Waals surface area contributed by atoms with Crippen LogP contribution in [0.1, 0.15) is 66.4 Å². The van der Waals surface area contributed by atoms with Gasteiger partial charge in [-0.25, -0.2) is 9.59 Å². The first kappa shape index (κ1) is 43.3. The maximum atomic E-state index is 12.9. The van der Waals surface area contributed by atoms with Crippen LogP contribution in [-0.4, -0.2) is 85.2 Å². The maximum absolute atomic E-state index is 12.9. The van der Waals surface area contributed by atoms with Gasteiger partial charge in [-0.15, -0.1) is 0 Å². The summed E-state index contributed by atoms with van der Waals surface area (Å²) in [5.41, 5.74) is 12.2. The Bertz CT molecular complexity index is 1140. The molecule has 0 fully saturated rings. The average molecular weight is 668 g/mol. The number of rotatable bonds is 21. The number of carboxylic acid groups (broad SMARTS) is 2. The SMILES string of the molecule is COCCCOc1cc(C[C@@H](C[C@H](N)[C@@H](O)C[C@@H](C(=O)NCC(C)(C)C(N)=O)C(C)C)C(C)C)ccc1OC.O=C(O)/C=C/C(=O)O. The third-order valence-electron chi connectivity index (χ3n) is 7.87.